The van der Waals surface area contributed by atoms with Crippen LogP contribution < -0.4 is 11.5 Å². The van der Waals surface area contributed by atoms with Crippen LogP contribution in [0.1, 0.15) is 37.7 Å². The molecule has 4 nitrogen and oxygen atoms in total. The van der Waals surface area contributed by atoms with Crippen LogP contribution in [0.15, 0.2) is 30.0 Å². The third-order valence-electron chi connectivity index (χ3n) is 3.51. The minimum Gasteiger partial charge on any atom is -0.396 e. The summed E-state index contributed by atoms with van der Waals surface area (Å²) in [6.07, 6.45) is 10.7. The van der Waals surface area contributed by atoms with Gasteiger partial charge in [-0.05, 0) is 49.6 Å². The van der Waals surface area contributed by atoms with Gasteiger partial charge >= 0.3 is 0 Å². The standard InChI is InChI=1S/C9H8ClNO.C8H16OS.CH5N/c10-8-3-1-2-7(4-8)5-9(11)6-12;1-10(9)7-8-5-3-2-4-6-8;1-2/h1-6H,11H2;8H,2-7H2,1H3;2H2,1H3/b9-5-;;. The van der Waals surface area contributed by atoms with Crippen LogP contribution in [0.4, 0.5) is 0 Å². The predicted octanol–water partition coefficient (Wildman–Crippen LogP) is 3.36. The second kappa shape index (κ2) is 14.2. The van der Waals surface area contributed by atoms with E-state index in [1.165, 1.54) is 39.2 Å². The highest BCUT2D eigenvalue weighted by Gasteiger charge is 2.13. The Morgan fingerprint density at radius 2 is 1.92 bits per heavy atom. The lowest BCUT2D eigenvalue weighted by molar-refractivity contribution is -0.104. The van der Waals surface area contributed by atoms with Gasteiger partial charge in [0.1, 0.15) is 0 Å². The maximum atomic E-state index is 10.8. The monoisotopic (exact) mass is 372 g/mol. The fraction of sp³-hybridized carbons (Fsp3) is 0.500. The van der Waals surface area contributed by atoms with E-state index in [1.807, 2.05) is 12.3 Å². The minimum absolute atomic E-state index is 0.192. The Kier molecular flexibility index (Phi) is 13.5. The van der Waals surface area contributed by atoms with Crippen molar-refractivity contribution in [3.8, 4) is 0 Å². The molecule has 0 bridgehead atoms. The van der Waals surface area contributed by atoms with Gasteiger partial charge in [-0.1, -0.05) is 43.0 Å². The van der Waals surface area contributed by atoms with Crippen LogP contribution in [-0.4, -0.2) is 29.6 Å². The van der Waals surface area contributed by atoms with Crippen LogP contribution in [0, 0.1) is 5.92 Å². The number of carbonyl (C=O) groups excluding carboxylic acids is 1. The average molecular weight is 373 g/mol. The number of nitrogens with two attached hydrogens (primary N) is 2. The number of allylic oxidation sites excluding steroid dienone is 1. The van der Waals surface area contributed by atoms with Crippen LogP contribution in [0.2, 0.25) is 5.02 Å². The molecule has 4 N–H and O–H groups in total. The molecule has 0 aromatic heterocycles. The molecule has 1 aliphatic rings. The molecular formula is C18H29ClN2O2S. The number of carbonyl (C=O) groups is 1. The lowest BCUT2D eigenvalue weighted by Gasteiger charge is -2.19. The van der Waals surface area contributed by atoms with Gasteiger partial charge < -0.3 is 11.5 Å². The van der Waals surface area contributed by atoms with Crippen molar-refractivity contribution >= 4 is 34.8 Å². The number of aldehydes is 1. The van der Waals surface area contributed by atoms with Crippen molar-refractivity contribution in [2.45, 2.75) is 32.1 Å². The predicted molar refractivity (Wildman–Crippen MR) is 105 cm³/mol. The molecule has 1 saturated carbocycles. The molecule has 24 heavy (non-hydrogen) atoms. The van der Waals surface area contributed by atoms with Crippen molar-refractivity contribution in [3.05, 3.63) is 40.5 Å². The third-order valence-corrected chi connectivity index (χ3v) is 4.69. The van der Waals surface area contributed by atoms with Crippen LogP contribution in [0.3, 0.4) is 0 Å². The van der Waals surface area contributed by atoms with Crippen molar-refractivity contribution in [1.82, 2.24) is 0 Å². The first kappa shape index (κ1) is 22.8. The van der Waals surface area contributed by atoms with Crippen molar-refractivity contribution in [1.29, 1.82) is 0 Å². The summed E-state index contributed by atoms with van der Waals surface area (Å²) in [5, 5.41) is 0.627. The van der Waals surface area contributed by atoms with E-state index in [1.54, 1.807) is 24.3 Å². The molecular weight excluding hydrogens is 344 g/mol. The highest BCUT2D eigenvalue weighted by atomic mass is 35.5. The minimum atomic E-state index is -0.563. The van der Waals surface area contributed by atoms with Gasteiger partial charge in [-0.25, -0.2) is 0 Å². The third kappa shape index (κ3) is 11.4. The first-order valence-electron chi connectivity index (χ1n) is 8.07. The van der Waals surface area contributed by atoms with Gasteiger partial charge in [0.25, 0.3) is 0 Å². The molecule has 0 radical (unpaired) electrons. The molecule has 0 saturated heterocycles. The zero-order valence-corrected chi connectivity index (χ0v) is 16.1. The van der Waals surface area contributed by atoms with Gasteiger partial charge in [-0.3, -0.25) is 9.00 Å². The Bertz CT molecular complexity index is 530. The lowest BCUT2D eigenvalue weighted by atomic mass is 9.91. The Morgan fingerprint density at radius 1 is 1.29 bits per heavy atom. The van der Waals surface area contributed by atoms with Gasteiger partial charge in [0.2, 0.25) is 0 Å². The highest BCUT2D eigenvalue weighted by molar-refractivity contribution is 7.84. The van der Waals surface area contributed by atoms with Gasteiger partial charge in [0.05, 0.1) is 5.70 Å². The summed E-state index contributed by atoms with van der Waals surface area (Å²) in [5.74, 6) is 1.72. The van der Waals surface area contributed by atoms with Crippen LogP contribution in [-0.2, 0) is 15.6 Å². The first-order valence-corrected chi connectivity index (χ1v) is 10.2. The van der Waals surface area contributed by atoms with E-state index < -0.39 is 10.8 Å². The molecule has 1 fully saturated rings. The summed E-state index contributed by atoms with van der Waals surface area (Å²) < 4.78 is 10.8. The SMILES string of the molecule is CN.CS(=O)CC1CCCCC1.N/C(C=O)=C\c1cccc(Cl)c1. The summed E-state index contributed by atoms with van der Waals surface area (Å²) in [4.78, 5) is 10.2. The van der Waals surface area contributed by atoms with Crippen molar-refractivity contribution in [2.75, 3.05) is 19.1 Å². The van der Waals surface area contributed by atoms with Gasteiger partial charge in [0, 0.05) is 27.8 Å². The fourth-order valence-electron chi connectivity index (χ4n) is 2.51. The van der Waals surface area contributed by atoms with E-state index in [0.29, 0.717) is 11.3 Å². The highest BCUT2D eigenvalue weighted by Crippen LogP contribution is 2.23. The van der Waals surface area contributed by atoms with Gasteiger partial charge in [-0.2, -0.15) is 0 Å². The van der Waals surface area contributed by atoms with Crippen molar-refractivity contribution < 1.29 is 9.00 Å². The molecule has 2 rings (SSSR count). The quantitative estimate of drug-likeness (QED) is 0.626. The fourth-order valence-corrected chi connectivity index (χ4v) is 3.70. The molecule has 1 unspecified atom stereocenters. The van der Waals surface area contributed by atoms with E-state index in [9.17, 15) is 9.00 Å². The maximum Gasteiger partial charge on any atom is 0.165 e. The van der Waals surface area contributed by atoms with Gasteiger partial charge in [0.15, 0.2) is 6.29 Å². The second-order valence-corrected chi connectivity index (χ2v) is 7.48. The first-order chi connectivity index (χ1) is 11.5. The molecule has 1 aromatic carbocycles. The molecule has 1 aromatic rings. The summed E-state index contributed by atoms with van der Waals surface area (Å²) >= 11 is 5.71. The van der Waals surface area contributed by atoms with Crippen LogP contribution in [0.5, 0.6) is 0 Å². The van der Waals surface area contributed by atoms with Crippen LogP contribution >= 0.6 is 11.6 Å². The van der Waals surface area contributed by atoms with E-state index in [0.717, 1.165) is 17.2 Å². The molecule has 0 amide bonds. The topological polar surface area (TPSA) is 86.2 Å². The average Bonchev–Trinajstić information content (AvgIpc) is 2.57. The molecule has 0 heterocycles. The van der Waals surface area contributed by atoms with E-state index in [2.05, 4.69) is 5.73 Å². The second-order valence-electron chi connectivity index (χ2n) is 5.56. The molecule has 6 heteroatoms. The summed E-state index contributed by atoms with van der Waals surface area (Å²) in [7, 11) is 0.937. The van der Waals surface area contributed by atoms with E-state index >= 15 is 0 Å². The van der Waals surface area contributed by atoms with Crippen molar-refractivity contribution in [3.63, 3.8) is 0 Å². The Hall–Kier alpha value is -1.17. The van der Waals surface area contributed by atoms with Crippen molar-refractivity contribution in [2.24, 2.45) is 17.4 Å². The van der Waals surface area contributed by atoms with E-state index in [4.69, 9.17) is 17.3 Å². The Morgan fingerprint density at radius 3 is 2.42 bits per heavy atom. The molecule has 0 aliphatic heterocycles. The van der Waals surface area contributed by atoms with Gasteiger partial charge in [-0.15, -0.1) is 0 Å². The zero-order valence-electron chi connectivity index (χ0n) is 14.5. The van der Waals surface area contributed by atoms with E-state index in [-0.39, 0.29) is 5.70 Å². The molecule has 1 atom stereocenters. The number of benzene rings is 1. The maximum absolute atomic E-state index is 10.8. The number of hydrogen-bond acceptors (Lipinski definition) is 4. The molecule has 0 spiro atoms. The van der Waals surface area contributed by atoms with Crippen LogP contribution in [0.25, 0.3) is 6.08 Å². The normalized spacial score (nSPS) is 16.1. The number of hydrogen-bond donors (Lipinski definition) is 2. The Labute approximate surface area is 153 Å². The largest absolute Gasteiger partial charge is 0.396 e. The Balaban J connectivity index is 0.000000405. The zero-order chi connectivity index (χ0) is 18.4. The molecule has 1 aliphatic carbocycles. The lowest BCUT2D eigenvalue weighted by Crippen LogP contribution is -2.13. The smallest absolute Gasteiger partial charge is 0.165 e. The molecule has 136 valence electrons. The summed E-state index contributed by atoms with van der Waals surface area (Å²) in [6.45, 7) is 0. The summed E-state index contributed by atoms with van der Waals surface area (Å²) in [6, 6.07) is 7.11. The summed E-state index contributed by atoms with van der Waals surface area (Å²) in [5.41, 5.74) is 10.8. The number of halogens is 1. The number of rotatable bonds is 4.